The number of nitriles is 1. The number of nitrogens with zero attached hydrogens (tertiary/aromatic N) is 3. The molecule has 12 aromatic rings. The van der Waals surface area contributed by atoms with Crippen LogP contribution in [-0.2, 0) is 12.4 Å². The number of aromatic nitrogens is 2. The summed E-state index contributed by atoms with van der Waals surface area (Å²) in [6, 6.07) is 69.9. The Labute approximate surface area is 409 Å². The molecule has 2 aromatic heterocycles. The van der Waals surface area contributed by atoms with Crippen LogP contribution in [0.5, 0.6) is 0 Å². The van der Waals surface area contributed by atoms with Crippen LogP contribution in [-0.4, -0.2) is 9.13 Å². The van der Waals surface area contributed by atoms with E-state index in [9.17, 15) is 5.26 Å². The van der Waals surface area contributed by atoms with Crippen LogP contribution < -0.4 is 0 Å². The van der Waals surface area contributed by atoms with Crippen LogP contribution in [0.15, 0.2) is 224 Å². The molecule has 0 unspecified atom stereocenters. The molecule has 346 valence electrons. The van der Waals surface area contributed by atoms with E-state index < -0.39 is 29.0 Å². The molecule has 0 spiro atoms. The molecule has 2 heterocycles. The Morgan fingerprint density at radius 3 is 0.861 bits per heavy atom. The molecule has 0 aliphatic rings. The minimum absolute atomic E-state index is 0.0351. The molecule has 9 heteroatoms. The fourth-order valence-corrected chi connectivity index (χ4v) is 10.4. The Balaban J connectivity index is 1.23. The fourth-order valence-electron chi connectivity index (χ4n) is 10.4. The second kappa shape index (κ2) is 17.1. The summed E-state index contributed by atoms with van der Waals surface area (Å²) in [6.45, 7) is 0. The van der Waals surface area contributed by atoms with Gasteiger partial charge in [-0.3, -0.25) is 0 Å². The molecule has 0 aliphatic heterocycles. The Morgan fingerprint density at radius 1 is 0.306 bits per heavy atom. The molecule has 12 rings (SSSR count). The largest absolute Gasteiger partial charge is 0.417 e. The van der Waals surface area contributed by atoms with Crippen LogP contribution in [0.4, 0.5) is 26.3 Å². The Hall–Kier alpha value is -9.13. The van der Waals surface area contributed by atoms with Crippen molar-refractivity contribution in [2.75, 3.05) is 0 Å². The minimum Gasteiger partial charge on any atom is -0.308 e. The SMILES string of the molecule is N#Cc1c(-n2c3ccc(-c4ccccc4)cc3c3cc(-c4ccccc4)ccc32)cc(-c2c(C(F)(F)F)cccc2C(F)(F)F)cc1-n1c2ccc(-c3ccccc3)cc2c2cc(-c3ccccc3)ccc21. The van der Waals surface area contributed by atoms with Crippen molar-refractivity contribution >= 4 is 43.6 Å². The third-order valence-electron chi connectivity index (χ3n) is 13.6. The van der Waals surface area contributed by atoms with Crippen molar-refractivity contribution in [1.82, 2.24) is 9.13 Å². The van der Waals surface area contributed by atoms with Crippen molar-refractivity contribution < 1.29 is 26.3 Å². The van der Waals surface area contributed by atoms with E-state index in [1.54, 1.807) is 9.13 Å². The summed E-state index contributed by atoms with van der Waals surface area (Å²) in [5.41, 5.74) is 5.67. The van der Waals surface area contributed by atoms with Gasteiger partial charge in [-0.05, 0) is 123 Å². The normalized spacial score (nSPS) is 12.0. The van der Waals surface area contributed by atoms with E-state index >= 15 is 26.3 Å². The second-order valence-electron chi connectivity index (χ2n) is 17.8. The average Bonchev–Trinajstić information content (AvgIpc) is 3.92. The lowest BCUT2D eigenvalue weighted by Crippen LogP contribution is -2.15. The first kappa shape index (κ1) is 44.1. The first-order chi connectivity index (χ1) is 34.9. The molecule has 3 nitrogen and oxygen atoms in total. The Morgan fingerprint density at radius 2 is 0.597 bits per heavy atom. The van der Waals surface area contributed by atoms with Gasteiger partial charge >= 0.3 is 12.4 Å². The standard InChI is InChI=1S/C63H37F6N3/c64-62(65,66)53-22-13-23-54(63(67,68)69)61(53)47-36-59(71-55-28-24-43(39-14-5-1-6-15-39)32-48(55)49-33-44(25-29-56(49)71)40-16-7-2-8-17-40)52(38-70)60(37-47)72-57-30-26-45(41-18-9-3-10-19-41)34-50(57)51-35-46(27-31-58(51)72)42-20-11-4-12-21-42/h1-37H. The summed E-state index contributed by atoms with van der Waals surface area (Å²) >= 11 is 0. The van der Waals surface area contributed by atoms with Gasteiger partial charge in [0, 0.05) is 27.1 Å². The van der Waals surface area contributed by atoms with Crippen molar-refractivity contribution in [3.05, 3.63) is 241 Å². The van der Waals surface area contributed by atoms with Gasteiger partial charge in [-0.25, -0.2) is 0 Å². The van der Waals surface area contributed by atoms with Gasteiger partial charge in [0.25, 0.3) is 0 Å². The molecule has 0 amide bonds. The quantitative estimate of drug-likeness (QED) is 0.147. The van der Waals surface area contributed by atoms with Crippen LogP contribution in [0.3, 0.4) is 0 Å². The highest BCUT2D eigenvalue weighted by Gasteiger charge is 2.41. The third-order valence-corrected chi connectivity index (χ3v) is 13.6. The molecule has 0 bridgehead atoms. The lowest BCUT2D eigenvalue weighted by atomic mass is 9.91. The van der Waals surface area contributed by atoms with E-state index in [1.165, 1.54) is 12.1 Å². The molecule has 0 radical (unpaired) electrons. The topological polar surface area (TPSA) is 33.6 Å². The number of benzene rings is 10. The van der Waals surface area contributed by atoms with Gasteiger partial charge in [-0.2, -0.15) is 31.6 Å². The second-order valence-corrected chi connectivity index (χ2v) is 17.8. The highest BCUT2D eigenvalue weighted by atomic mass is 19.4. The molecule has 10 aromatic carbocycles. The van der Waals surface area contributed by atoms with Gasteiger partial charge < -0.3 is 9.13 Å². The van der Waals surface area contributed by atoms with Crippen LogP contribution >= 0.6 is 0 Å². The van der Waals surface area contributed by atoms with E-state index in [-0.39, 0.29) is 22.5 Å². The predicted molar refractivity (Wildman–Crippen MR) is 277 cm³/mol. The Kier molecular flexibility index (Phi) is 10.5. The maximum Gasteiger partial charge on any atom is 0.417 e. The summed E-state index contributed by atoms with van der Waals surface area (Å²) in [6.07, 6.45) is -10.4. The zero-order valence-corrected chi connectivity index (χ0v) is 38.0. The molecule has 0 saturated carbocycles. The molecule has 0 saturated heterocycles. The molecular formula is C63H37F6N3. The number of rotatable bonds is 7. The molecule has 0 N–H and O–H groups in total. The number of halogens is 6. The van der Waals surface area contributed by atoms with Gasteiger partial charge in [0.2, 0.25) is 0 Å². The fraction of sp³-hybridized carbons (Fsp3) is 0.0317. The van der Waals surface area contributed by atoms with Crippen molar-refractivity contribution in [2.24, 2.45) is 0 Å². The van der Waals surface area contributed by atoms with Gasteiger partial charge in [0.1, 0.15) is 11.6 Å². The number of fused-ring (bicyclic) bond motifs is 6. The van der Waals surface area contributed by atoms with Crippen molar-refractivity contribution in [3.63, 3.8) is 0 Å². The first-order valence-corrected chi connectivity index (χ1v) is 23.2. The smallest absolute Gasteiger partial charge is 0.308 e. The van der Waals surface area contributed by atoms with Crippen LogP contribution in [0, 0.1) is 11.3 Å². The van der Waals surface area contributed by atoms with Gasteiger partial charge in [0.15, 0.2) is 0 Å². The van der Waals surface area contributed by atoms with Gasteiger partial charge in [-0.1, -0.05) is 152 Å². The summed E-state index contributed by atoms with van der Waals surface area (Å²) in [7, 11) is 0. The van der Waals surface area contributed by atoms with E-state index in [1.807, 2.05) is 194 Å². The Bertz CT molecular complexity index is 3660. The minimum atomic E-state index is -5.19. The predicted octanol–water partition coefficient (Wildman–Crippen LogP) is 18.1. The number of hydrogen-bond acceptors (Lipinski definition) is 1. The van der Waals surface area contributed by atoms with Gasteiger partial charge in [-0.15, -0.1) is 0 Å². The van der Waals surface area contributed by atoms with Crippen molar-refractivity contribution in [2.45, 2.75) is 12.4 Å². The van der Waals surface area contributed by atoms with E-state index in [4.69, 9.17) is 0 Å². The average molecular weight is 950 g/mol. The number of hydrogen-bond donors (Lipinski definition) is 0. The first-order valence-electron chi connectivity index (χ1n) is 23.2. The zero-order chi connectivity index (χ0) is 49.3. The summed E-state index contributed by atoms with van der Waals surface area (Å²) in [5, 5.41) is 14.7. The van der Waals surface area contributed by atoms with E-state index in [2.05, 4.69) is 6.07 Å². The molecule has 0 fully saturated rings. The molecular weight excluding hydrogens is 913 g/mol. The molecule has 0 atom stereocenters. The maximum atomic E-state index is 15.3. The van der Waals surface area contributed by atoms with E-state index in [0.29, 0.717) is 34.2 Å². The third kappa shape index (κ3) is 7.47. The zero-order valence-electron chi connectivity index (χ0n) is 38.0. The summed E-state index contributed by atoms with van der Waals surface area (Å²) in [5.74, 6) is 0. The van der Waals surface area contributed by atoms with Crippen LogP contribution in [0.25, 0.3) is 111 Å². The highest BCUT2D eigenvalue weighted by Crippen LogP contribution is 2.48. The molecule has 72 heavy (non-hydrogen) atoms. The van der Waals surface area contributed by atoms with Crippen molar-refractivity contribution in [1.29, 1.82) is 5.26 Å². The van der Waals surface area contributed by atoms with Gasteiger partial charge in [0.05, 0.1) is 44.6 Å². The van der Waals surface area contributed by atoms with Crippen LogP contribution in [0.1, 0.15) is 16.7 Å². The highest BCUT2D eigenvalue weighted by molar-refractivity contribution is 6.14. The van der Waals surface area contributed by atoms with Crippen molar-refractivity contribution in [3.8, 4) is 73.1 Å². The monoisotopic (exact) mass is 949 g/mol. The summed E-state index contributed by atoms with van der Waals surface area (Å²) in [4.78, 5) is 0. The van der Waals surface area contributed by atoms with Crippen LogP contribution in [0.2, 0.25) is 0 Å². The van der Waals surface area contributed by atoms with E-state index in [0.717, 1.165) is 72.1 Å². The molecule has 0 aliphatic carbocycles. The maximum absolute atomic E-state index is 15.3. The number of alkyl halides is 6. The lowest BCUT2D eigenvalue weighted by Gasteiger charge is -2.22. The lowest BCUT2D eigenvalue weighted by molar-refractivity contribution is -0.142. The summed E-state index contributed by atoms with van der Waals surface area (Å²) < 4.78 is 95.5.